The van der Waals surface area contributed by atoms with E-state index in [-0.39, 0.29) is 5.60 Å². The van der Waals surface area contributed by atoms with E-state index < -0.39 is 0 Å². The third-order valence-electron chi connectivity index (χ3n) is 7.42. The Morgan fingerprint density at radius 1 is 0.960 bits per heavy atom. The molecular formula is C21H36O4. The highest BCUT2D eigenvalue weighted by molar-refractivity contribution is 4.96. The molecule has 0 amide bonds. The van der Waals surface area contributed by atoms with Crippen molar-refractivity contribution in [1.29, 1.82) is 0 Å². The largest absolute Gasteiger partial charge is 0.380 e. The van der Waals surface area contributed by atoms with Gasteiger partial charge in [0, 0.05) is 5.41 Å². The molecule has 3 aliphatic heterocycles. The molecule has 3 saturated heterocycles. The van der Waals surface area contributed by atoms with Crippen LogP contribution in [0.3, 0.4) is 0 Å². The molecule has 0 aromatic heterocycles. The third kappa shape index (κ3) is 3.78. The molecule has 0 N–H and O–H groups in total. The predicted octanol–water partition coefficient (Wildman–Crippen LogP) is 4.17. The van der Waals surface area contributed by atoms with Crippen LogP contribution in [-0.4, -0.2) is 44.4 Å². The fourth-order valence-electron chi connectivity index (χ4n) is 5.56. The van der Waals surface area contributed by atoms with Gasteiger partial charge in [0.2, 0.25) is 0 Å². The van der Waals surface area contributed by atoms with Gasteiger partial charge in [-0.3, -0.25) is 0 Å². The molecule has 4 aliphatic rings. The summed E-state index contributed by atoms with van der Waals surface area (Å²) in [7, 11) is 0. The van der Waals surface area contributed by atoms with E-state index in [1.54, 1.807) is 0 Å². The van der Waals surface area contributed by atoms with E-state index in [0.29, 0.717) is 30.3 Å². The Morgan fingerprint density at radius 2 is 1.72 bits per heavy atom. The highest BCUT2D eigenvalue weighted by Gasteiger charge is 2.48. The molecule has 4 rings (SSSR count). The molecule has 3 atom stereocenters. The van der Waals surface area contributed by atoms with Crippen molar-refractivity contribution in [2.45, 2.75) is 83.5 Å². The Morgan fingerprint density at radius 3 is 2.28 bits per heavy atom. The summed E-state index contributed by atoms with van der Waals surface area (Å²) < 4.78 is 23.5. The van der Waals surface area contributed by atoms with Gasteiger partial charge < -0.3 is 18.9 Å². The third-order valence-corrected chi connectivity index (χ3v) is 7.42. The number of hydrogen-bond donors (Lipinski definition) is 0. The Labute approximate surface area is 152 Å². The highest BCUT2D eigenvalue weighted by atomic mass is 16.7. The van der Waals surface area contributed by atoms with Gasteiger partial charge in [0.1, 0.15) is 6.79 Å². The van der Waals surface area contributed by atoms with Crippen LogP contribution < -0.4 is 0 Å². The summed E-state index contributed by atoms with van der Waals surface area (Å²) in [4.78, 5) is 0. The van der Waals surface area contributed by atoms with Gasteiger partial charge in [0.15, 0.2) is 0 Å². The maximum absolute atomic E-state index is 6.53. The minimum absolute atomic E-state index is 0.0492. The lowest BCUT2D eigenvalue weighted by molar-refractivity contribution is -0.211. The summed E-state index contributed by atoms with van der Waals surface area (Å²) in [5.41, 5.74) is 0.469. The van der Waals surface area contributed by atoms with Crippen LogP contribution in [-0.2, 0) is 18.9 Å². The minimum atomic E-state index is 0.0492. The zero-order valence-electron chi connectivity index (χ0n) is 16.3. The molecule has 2 spiro atoms. The standard InChI is InChI=1S/C21H36O4/c1-15(2)19-10-20(11-22-12-20)9-18(25-19)8-16(3)17-4-6-21(7-5-17)13-23-14-24-21/h15-19H,4-14H2,1-3H3. The molecule has 0 radical (unpaired) electrons. The van der Waals surface area contributed by atoms with Crippen molar-refractivity contribution < 1.29 is 18.9 Å². The van der Waals surface area contributed by atoms with Crippen LogP contribution in [0.4, 0.5) is 0 Å². The molecule has 4 heteroatoms. The Bertz CT molecular complexity index is 443. The topological polar surface area (TPSA) is 36.9 Å². The van der Waals surface area contributed by atoms with Crippen LogP contribution in [0.1, 0.15) is 65.7 Å². The Hall–Kier alpha value is -0.160. The van der Waals surface area contributed by atoms with Gasteiger partial charge in [-0.05, 0) is 62.7 Å². The fraction of sp³-hybridized carbons (Fsp3) is 1.00. The molecule has 0 aromatic carbocycles. The van der Waals surface area contributed by atoms with E-state index in [1.165, 1.54) is 44.9 Å². The van der Waals surface area contributed by atoms with Crippen molar-refractivity contribution in [3.05, 3.63) is 0 Å². The molecule has 25 heavy (non-hydrogen) atoms. The molecule has 1 aliphatic carbocycles. The second-order valence-corrected chi connectivity index (χ2v) is 9.79. The molecule has 0 aromatic rings. The maximum Gasteiger partial charge on any atom is 0.147 e. The first-order valence-electron chi connectivity index (χ1n) is 10.4. The summed E-state index contributed by atoms with van der Waals surface area (Å²) >= 11 is 0. The fourth-order valence-corrected chi connectivity index (χ4v) is 5.56. The molecule has 1 saturated carbocycles. The van der Waals surface area contributed by atoms with Gasteiger partial charge in [0.25, 0.3) is 0 Å². The number of ether oxygens (including phenoxy) is 4. The Balaban J connectivity index is 1.31. The van der Waals surface area contributed by atoms with Crippen LogP contribution in [0.25, 0.3) is 0 Å². The van der Waals surface area contributed by atoms with Crippen LogP contribution in [0.5, 0.6) is 0 Å². The Kier molecular flexibility index (Phi) is 5.18. The summed E-state index contributed by atoms with van der Waals surface area (Å²) in [6, 6.07) is 0. The van der Waals surface area contributed by atoms with Crippen molar-refractivity contribution in [3.8, 4) is 0 Å². The first kappa shape index (κ1) is 18.2. The summed E-state index contributed by atoms with van der Waals surface area (Å²) in [6.07, 6.45) is 9.32. The molecule has 144 valence electrons. The number of hydrogen-bond acceptors (Lipinski definition) is 4. The second kappa shape index (κ2) is 7.10. The normalized spacial score (nSPS) is 38.2. The summed E-state index contributed by atoms with van der Waals surface area (Å²) in [5.74, 6) is 2.14. The lowest BCUT2D eigenvalue weighted by Crippen LogP contribution is -2.53. The van der Waals surface area contributed by atoms with Crippen molar-refractivity contribution in [2.75, 3.05) is 26.6 Å². The van der Waals surface area contributed by atoms with Crippen molar-refractivity contribution in [2.24, 2.45) is 23.2 Å². The molecule has 4 nitrogen and oxygen atoms in total. The van der Waals surface area contributed by atoms with Gasteiger partial charge >= 0.3 is 0 Å². The quantitative estimate of drug-likeness (QED) is 0.761. The maximum atomic E-state index is 6.53. The zero-order chi connectivity index (χ0) is 17.5. The predicted molar refractivity (Wildman–Crippen MR) is 96.4 cm³/mol. The van der Waals surface area contributed by atoms with Crippen LogP contribution in [0, 0.1) is 23.2 Å². The van der Waals surface area contributed by atoms with Gasteiger partial charge in [0.05, 0.1) is 37.6 Å². The number of rotatable bonds is 4. The average molecular weight is 353 g/mol. The molecule has 0 bridgehead atoms. The second-order valence-electron chi connectivity index (χ2n) is 9.79. The smallest absolute Gasteiger partial charge is 0.147 e. The molecule has 4 fully saturated rings. The van der Waals surface area contributed by atoms with E-state index in [4.69, 9.17) is 18.9 Å². The van der Waals surface area contributed by atoms with E-state index in [9.17, 15) is 0 Å². The molecular weight excluding hydrogens is 316 g/mol. The van der Waals surface area contributed by atoms with Gasteiger partial charge in [-0.1, -0.05) is 20.8 Å². The highest BCUT2D eigenvalue weighted by Crippen LogP contribution is 2.47. The minimum Gasteiger partial charge on any atom is -0.380 e. The first-order chi connectivity index (χ1) is 12.0. The van der Waals surface area contributed by atoms with Crippen molar-refractivity contribution in [1.82, 2.24) is 0 Å². The van der Waals surface area contributed by atoms with Gasteiger partial charge in [-0.2, -0.15) is 0 Å². The zero-order valence-corrected chi connectivity index (χ0v) is 16.3. The SMILES string of the molecule is CC(C)C1CC2(COC2)CC(CC(C)C2CCC3(CC2)COCO3)O1. The first-order valence-corrected chi connectivity index (χ1v) is 10.4. The van der Waals surface area contributed by atoms with E-state index >= 15 is 0 Å². The van der Waals surface area contributed by atoms with Crippen LogP contribution in [0.15, 0.2) is 0 Å². The monoisotopic (exact) mass is 352 g/mol. The summed E-state index contributed by atoms with van der Waals surface area (Å²) in [5, 5.41) is 0. The molecule has 3 unspecified atom stereocenters. The molecule has 3 heterocycles. The van der Waals surface area contributed by atoms with E-state index in [0.717, 1.165) is 31.7 Å². The van der Waals surface area contributed by atoms with Gasteiger partial charge in [-0.25, -0.2) is 0 Å². The van der Waals surface area contributed by atoms with Crippen LogP contribution >= 0.6 is 0 Å². The van der Waals surface area contributed by atoms with E-state index in [1.807, 2.05) is 0 Å². The van der Waals surface area contributed by atoms with E-state index in [2.05, 4.69) is 20.8 Å². The van der Waals surface area contributed by atoms with Gasteiger partial charge in [-0.15, -0.1) is 0 Å². The van der Waals surface area contributed by atoms with Crippen LogP contribution in [0.2, 0.25) is 0 Å². The average Bonchev–Trinajstić information content (AvgIpc) is 3.01. The lowest BCUT2D eigenvalue weighted by Gasteiger charge is -2.51. The van der Waals surface area contributed by atoms with Crippen molar-refractivity contribution >= 4 is 0 Å². The lowest BCUT2D eigenvalue weighted by atomic mass is 9.69. The van der Waals surface area contributed by atoms with Crippen molar-refractivity contribution in [3.63, 3.8) is 0 Å². The summed E-state index contributed by atoms with van der Waals surface area (Å²) in [6.45, 7) is 10.2.